The van der Waals surface area contributed by atoms with Crippen LogP contribution in [-0.2, 0) is 6.61 Å². The van der Waals surface area contributed by atoms with Crippen LogP contribution in [0.15, 0.2) is 64.0 Å². The van der Waals surface area contributed by atoms with Gasteiger partial charge in [0, 0.05) is 22.8 Å². The number of carbonyl (C=O) groups excluding carboxylic acids is 1. The molecule has 0 spiro atoms. The van der Waals surface area contributed by atoms with E-state index in [2.05, 4.69) is 22.6 Å². The zero-order valence-electron chi connectivity index (χ0n) is 15.4. The van der Waals surface area contributed by atoms with Gasteiger partial charge in [0.25, 0.3) is 5.91 Å². The number of carbonyl (C=O) groups is 1. The molecule has 0 aliphatic rings. The van der Waals surface area contributed by atoms with Gasteiger partial charge in [-0.05, 0) is 50.2 Å². The SMILES string of the molecule is Cc1noc(C)c1COc1ccc(C(=O)NCCSc2ccccc2)cc1. The molecule has 1 heterocycles. The van der Waals surface area contributed by atoms with E-state index in [-0.39, 0.29) is 5.91 Å². The molecule has 0 saturated carbocycles. The minimum Gasteiger partial charge on any atom is -0.489 e. The van der Waals surface area contributed by atoms with Gasteiger partial charge in [-0.2, -0.15) is 0 Å². The van der Waals surface area contributed by atoms with Crippen molar-refractivity contribution >= 4 is 17.7 Å². The molecule has 0 atom stereocenters. The topological polar surface area (TPSA) is 64.4 Å². The molecular weight excluding hydrogens is 360 g/mol. The maximum absolute atomic E-state index is 12.2. The van der Waals surface area contributed by atoms with Crippen LogP contribution in [0.25, 0.3) is 0 Å². The van der Waals surface area contributed by atoms with Gasteiger partial charge in [-0.15, -0.1) is 11.8 Å². The quantitative estimate of drug-likeness (QED) is 0.462. The van der Waals surface area contributed by atoms with E-state index in [1.54, 1.807) is 36.0 Å². The fraction of sp³-hybridized carbons (Fsp3) is 0.238. The molecule has 1 N–H and O–H groups in total. The number of nitrogens with one attached hydrogen (secondary N) is 1. The predicted molar refractivity (Wildman–Crippen MR) is 106 cm³/mol. The highest BCUT2D eigenvalue weighted by atomic mass is 32.2. The molecule has 0 aliphatic heterocycles. The van der Waals surface area contributed by atoms with Gasteiger partial charge in [0.15, 0.2) is 0 Å². The lowest BCUT2D eigenvalue weighted by Crippen LogP contribution is -2.25. The Morgan fingerprint density at radius 1 is 1.11 bits per heavy atom. The first-order valence-electron chi connectivity index (χ1n) is 8.74. The molecule has 6 heteroatoms. The average molecular weight is 382 g/mol. The lowest BCUT2D eigenvalue weighted by atomic mass is 10.2. The molecule has 3 aromatic rings. The molecule has 1 amide bonds. The normalized spacial score (nSPS) is 10.6. The first-order chi connectivity index (χ1) is 13.1. The van der Waals surface area contributed by atoms with Gasteiger partial charge in [0.05, 0.1) is 11.3 Å². The average Bonchev–Trinajstić information content (AvgIpc) is 3.02. The highest BCUT2D eigenvalue weighted by Crippen LogP contribution is 2.18. The predicted octanol–water partition coefficient (Wildman–Crippen LogP) is 4.39. The number of aromatic nitrogens is 1. The summed E-state index contributed by atoms with van der Waals surface area (Å²) in [5.41, 5.74) is 2.40. The smallest absolute Gasteiger partial charge is 0.251 e. The third-order valence-corrected chi connectivity index (χ3v) is 5.09. The van der Waals surface area contributed by atoms with Crippen LogP contribution in [0.2, 0.25) is 0 Å². The summed E-state index contributed by atoms with van der Waals surface area (Å²) < 4.78 is 10.9. The van der Waals surface area contributed by atoms with Crippen LogP contribution in [0, 0.1) is 13.8 Å². The van der Waals surface area contributed by atoms with Crippen LogP contribution in [0.4, 0.5) is 0 Å². The van der Waals surface area contributed by atoms with E-state index in [9.17, 15) is 4.79 Å². The van der Waals surface area contributed by atoms with Crippen molar-refractivity contribution in [2.24, 2.45) is 0 Å². The maximum Gasteiger partial charge on any atom is 0.251 e. The van der Waals surface area contributed by atoms with Crippen molar-refractivity contribution in [3.05, 3.63) is 77.2 Å². The summed E-state index contributed by atoms with van der Waals surface area (Å²) in [7, 11) is 0. The van der Waals surface area contributed by atoms with Crippen molar-refractivity contribution in [1.29, 1.82) is 0 Å². The molecular formula is C21H22N2O3S. The minimum absolute atomic E-state index is 0.0825. The van der Waals surface area contributed by atoms with Crippen molar-refractivity contribution in [3.8, 4) is 5.75 Å². The molecule has 1 aromatic heterocycles. The second-order valence-electron chi connectivity index (χ2n) is 6.03. The van der Waals surface area contributed by atoms with E-state index >= 15 is 0 Å². The second-order valence-corrected chi connectivity index (χ2v) is 7.20. The van der Waals surface area contributed by atoms with Crippen LogP contribution >= 0.6 is 11.8 Å². The molecule has 0 saturated heterocycles. The van der Waals surface area contributed by atoms with Crippen LogP contribution in [-0.4, -0.2) is 23.4 Å². The number of nitrogens with zero attached hydrogens (tertiary/aromatic N) is 1. The van der Waals surface area contributed by atoms with E-state index in [4.69, 9.17) is 9.26 Å². The highest BCUT2D eigenvalue weighted by molar-refractivity contribution is 7.99. The van der Waals surface area contributed by atoms with Crippen LogP contribution in [0.1, 0.15) is 27.4 Å². The van der Waals surface area contributed by atoms with Gasteiger partial charge in [-0.3, -0.25) is 4.79 Å². The van der Waals surface area contributed by atoms with Gasteiger partial charge in [-0.25, -0.2) is 0 Å². The molecule has 0 aliphatic carbocycles. The standard InChI is InChI=1S/C21H22N2O3S/c1-15-20(16(2)26-23-15)14-25-18-10-8-17(9-11-18)21(24)22-12-13-27-19-6-4-3-5-7-19/h3-11H,12-14H2,1-2H3,(H,22,24). The summed E-state index contributed by atoms with van der Waals surface area (Å²) in [6.07, 6.45) is 0. The van der Waals surface area contributed by atoms with Crippen LogP contribution in [0.3, 0.4) is 0 Å². The monoisotopic (exact) mass is 382 g/mol. The van der Waals surface area contributed by atoms with Gasteiger partial charge in [-0.1, -0.05) is 23.4 Å². The van der Waals surface area contributed by atoms with E-state index in [1.165, 1.54) is 4.90 Å². The summed E-state index contributed by atoms with van der Waals surface area (Å²) in [4.78, 5) is 13.4. The number of ether oxygens (including phenoxy) is 1. The van der Waals surface area contributed by atoms with E-state index in [0.717, 1.165) is 22.8 Å². The molecule has 0 unspecified atom stereocenters. The number of aryl methyl sites for hydroxylation is 2. The number of hydrogen-bond donors (Lipinski definition) is 1. The van der Waals surface area contributed by atoms with Gasteiger partial charge in [0.1, 0.15) is 18.1 Å². The summed E-state index contributed by atoms with van der Waals surface area (Å²) in [6, 6.07) is 17.3. The third-order valence-electron chi connectivity index (χ3n) is 4.08. The Morgan fingerprint density at radius 3 is 2.52 bits per heavy atom. The van der Waals surface area contributed by atoms with Crippen molar-refractivity contribution < 1.29 is 14.1 Å². The van der Waals surface area contributed by atoms with Gasteiger partial charge >= 0.3 is 0 Å². The molecule has 0 bridgehead atoms. The van der Waals surface area contributed by atoms with Crippen molar-refractivity contribution in [2.75, 3.05) is 12.3 Å². The Hall–Kier alpha value is -2.73. The van der Waals surface area contributed by atoms with Gasteiger partial charge < -0.3 is 14.6 Å². The van der Waals surface area contributed by atoms with E-state index in [0.29, 0.717) is 24.5 Å². The first-order valence-corrected chi connectivity index (χ1v) is 9.72. The number of benzene rings is 2. The number of hydrogen-bond acceptors (Lipinski definition) is 5. The molecule has 2 aromatic carbocycles. The molecule has 3 rings (SSSR count). The molecule has 0 fully saturated rings. The minimum atomic E-state index is -0.0825. The fourth-order valence-corrected chi connectivity index (χ4v) is 3.31. The Morgan fingerprint density at radius 2 is 1.85 bits per heavy atom. The van der Waals surface area contributed by atoms with Gasteiger partial charge in [0.2, 0.25) is 0 Å². The van der Waals surface area contributed by atoms with E-state index in [1.807, 2.05) is 32.0 Å². The van der Waals surface area contributed by atoms with Crippen molar-refractivity contribution in [2.45, 2.75) is 25.3 Å². The number of rotatable bonds is 8. The molecule has 5 nitrogen and oxygen atoms in total. The summed E-state index contributed by atoms with van der Waals surface area (Å²) in [5.74, 6) is 2.21. The number of amides is 1. The lowest BCUT2D eigenvalue weighted by Gasteiger charge is -2.08. The molecule has 140 valence electrons. The summed E-state index contributed by atoms with van der Waals surface area (Å²) in [5, 5.41) is 6.85. The highest BCUT2D eigenvalue weighted by Gasteiger charge is 2.10. The van der Waals surface area contributed by atoms with Crippen molar-refractivity contribution in [1.82, 2.24) is 10.5 Å². The Balaban J connectivity index is 1.44. The second kappa shape index (κ2) is 9.28. The zero-order valence-corrected chi connectivity index (χ0v) is 16.2. The summed E-state index contributed by atoms with van der Waals surface area (Å²) >= 11 is 1.72. The maximum atomic E-state index is 12.2. The zero-order chi connectivity index (χ0) is 19.1. The third kappa shape index (κ3) is 5.37. The van der Waals surface area contributed by atoms with Crippen LogP contribution in [0.5, 0.6) is 5.75 Å². The molecule has 27 heavy (non-hydrogen) atoms. The first kappa shape index (κ1) is 19.0. The molecule has 0 radical (unpaired) electrons. The van der Waals surface area contributed by atoms with Crippen molar-refractivity contribution in [3.63, 3.8) is 0 Å². The fourth-order valence-electron chi connectivity index (χ4n) is 2.52. The Labute approximate surface area is 163 Å². The summed E-state index contributed by atoms with van der Waals surface area (Å²) in [6.45, 7) is 4.76. The number of thioether (sulfide) groups is 1. The van der Waals surface area contributed by atoms with Crippen LogP contribution < -0.4 is 10.1 Å². The Bertz CT molecular complexity index is 857. The Kier molecular flexibility index (Phi) is 6.54. The lowest BCUT2D eigenvalue weighted by molar-refractivity contribution is 0.0956. The van der Waals surface area contributed by atoms with E-state index < -0.39 is 0 Å². The largest absolute Gasteiger partial charge is 0.489 e.